The van der Waals surface area contributed by atoms with Crippen LogP contribution in [0.1, 0.15) is 6.92 Å². The monoisotopic (exact) mass is 378 g/mol. The molecule has 1 aliphatic heterocycles. The first-order valence-corrected chi connectivity index (χ1v) is 7.24. The van der Waals surface area contributed by atoms with Gasteiger partial charge >= 0.3 is 0 Å². The number of morpholine rings is 1. The predicted octanol–water partition coefficient (Wildman–Crippen LogP) is 2.09. The van der Waals surface area contributed by atoms with E-state index in [-0.39, 0.29) is 17.8 Å². The summed E-state index contributed by atoms with van der Waals surface area (Å²) in [6.45, 7) is 4.26. The molecule has 6 heteroatoms. The number of ether oxygens (including phenoxy) is 1. The van der Waals surface area contributed by atoms with Crippen molar-refractivity contribution < 1.29 is 13.9 Å². The van der Waals surface area contributed by atoms with Crippen molar-refractivity contribution in [2.24, 2.45) is 0 Å². The summed E-state index contributed by atoms with van der Waals surface area (Å²) in [5.41, 5.74) is 0.774. The minimum absolute atomic E-state index is 0.0448. The largest absolute Gasteiger partial charge is 0.378 e. The second-order valence-corrected chi connectivity index (χ2v) is 5.59. The molecule has 0 aromatic heterocycles. The molecule has 0 saturated carbocycles. The van der Waals surface area contributed by atoms with Crippen LogP contribution in [0.15, 0.2) is 18.2 Å². The number of rotatable bonds is 3. The van der Waals surface area contributed by atoms with E-state index in [1.807, 2.05) is 29.5 Å². The summed E-state index contributed by atoms with van der Waals surface area (Å²) < 4.78 is 19.0. The zero-order valence-electron chi connectivity index (χ0n) is 10.7. The Hall–Kier alpha value is -0.890. The van der Waals surface area contributed by atoms with Crippen molar-refractivity contribution in [3.63, 3.8) is 0 Å². The van der Waals surface area contributed by atoms with Crippen molar-refractivity contribution >= 4 is 34.2 Å². The van der Waals surface area contributed by atoms with E-state index in [0.29, 0.717) is 26.3 Å². The van der Waals surface area contributed by atoms with Gasteiger partial charge in [-0.1, -0.05) is 0 Å². The smallest absolute Gasteiger partial charge is 0.244 e. The zero-order valence-corrected chi connectivity index (χ0v) is 12.8. The quantitative estimate of drug-likeness (QED) is 0.820. The Morgan fingerprint density at radius 2 is 2.16 bits per heavy atom. The van der Waals surface area contributed by atoms with Crippen molar-refractivity contribution in [2.75, 3.05) is 31.6 Å². The number of amides is 1. The molecule has 1 amide bonds. The topological polar surface area (TPSA) is 41.6 Å². The molecule has 1 aromatic carbocycles. The number of nitrogens with one attached hydrogen (secondary N) is 1. The minimum atomic E-state index is -0.336. The maximum Gasteiger partial charge on any atom is 0.244 e. The molecule has 0 bridgehead atoms. The molecule has 1 N–H and O–H groups in total. The van der Waals surface area contributed by atoms with E-state index >= 15 is 0 Å². The maximum atomic E-state index is 13.0. The molecule has 19 heavy (non-hydrogen) atoms. The third-order valence-electron chi connectivity index (χ3n) is 3.00. The Morgan fingerprint density at radius 1 is 1.47 bits per heavy atom. The van der Waals surface area contributed by atoms with Gasteiger partial charge in [-0.25, -0.2) is 4.39 Å². The molecule has 2 rings (SSSR count). The number of carbonyl (C=O) groups is 1. The van der Waals surface area contributed by atoms with Crippen LogP contribution in [0.4, 0.5) is 10.1 Å². The third kappa shape index (κ3) is 3.79. The van der Waals surface area contributed by atoms with E-state index in [4.69, 9.17) is 4.74 Å². The number of hydrogen-bond acceptors (Lipinski definition) is 3. The first-order chi connectivity index (χ1) is 9.08. The van der Waals surface area contributed by atoms with Crippen molar-refractivity contribution in [1.29, 1.82) is 0 Å². The summed E-state index contributed by atoms with van der Waals surface area (Å²) >= 11 is 2.05. The van der Waals surface area contributed by atoms with Gasteiger partial charge in [0.2, 0.25) is 5.91 Å². The molecule has 1 unspecified atom stereocenters. The fourth-order valence-corrected chi connectivity index (χ4v) is 2.59. The summed E-state index contributed by atoms with van der Waals surface area (Å²) in [6.07, 6.45) is 0. The normalized spacial score (nSPS) is 17.1. The van der Waals surface area contributed by atoms with Gasteiger partial charge in [-0.15, -0.1) is 0 Å². The molecule has 104 valence electrons. The molecule has 0 radical (unpaired) electrons. The SMILES string of the molecule is CC(Nc1ccc(F)cc1I)C(=O)N1CCOCC1. The lowest BCUT2D eigenvalue weighted by molar-refractivity contribution is -0.135. The second-order valence-electron chi connectivity index (χ2n) is 4.43. The number of benzene rings is 1. The lowest BCUT2D eigenvalue weighted by Crippen LogP contribution is -2.47. The number of halogens is 2. The Kier molecular flexibility index (Phi) is 4.98. The van der Waals surface area contributed by atoms with Gasteiger partial charge in [0.15, 0.2) is 0 Å². The first-order valence-electron chi connectivity index (χ1n) is 6.16. The van der Waals surface area contributed by atoms with E-state index in [0.717, 1.165) is 9.26 Å². The minimum Gasteiger partial charge on any atom is -0.378 e. The van der Waals surface area contributed by atoms with Gasteiger partial charge in [0, 0.05) is 22.3 Å². The average molecular weight is 378 g/mol. The van der Waals surface area contributed by atoms with Crippen LogP contribution in [0, 0.1) is 9.39 Å². The molecule has 1 aliphatic rings. The van der Waals surface area contributed by atoms with Gasteiger partial charge in [0.05, 0.1) is 13.2 Å². The van der Waals surface area contributed by atoms with Crippen LogP contribution in [0.25, 0.3) is 0 Å². The van der Waals surface area contributed by atoms with Crippen LogP contribution in [-0.2, 0) is 9.53 Å². The highest BCUT2D eigenvalue weighted by Crippen LogP contribution is 2.20. The summed E-state index contributed by atoms with van der Waals surface area (Å²) in [6, 6.07) is 4.14. The van der Waals surface area contributed by atoms with Crippen molar-refractivity contribution in [3.05, 3.63) is 27.6 Å². The highest BCUT2D eigenvalue weighted by atomic mass is 127. The van der Waals surface area contributed by atoms with Crippen LogP contribution in [-0.4, -0.2) is 43.2 Å². The summed E-state index contributed by atoms with van der Waals surface area (Å²) in [7, 11) is 0. The second kappa shape index (κ2) is 6.51. The van der Waals surface area contributed by atoms with Gasteiger partial charge in [0.1, 0.15) is 11.9 Å². The molecule has 1 heterocycles. The van der Waals surface area contributed by atoms with Gasteiger partial charge in [-0.05, 0) is 47.7 Å². The lowest BCUT2D eigenvalue weighted by atomic mass is 10.2. The van der Waals surface area contributed by atoms with Crippen molar-refractivity contribution in [2.45, 2.75) is 13.0 Å². The number of nitrogens with zero attached hydrogens (tertiary/aromatic N) is 1. The Labute approximate surface area is 125 Å². The van der Waals surface area contributed by atoms with E-state index in [9.17, 15) is 9.18 Å². The molecule has 1 fully saturated rings. The summed E-state index contributed by atoms with van der Waals surface area (Å²) in [5, 5.41) is 3.13. The van der Waals surface area contributed by atoms with E-state index in [2.05, 4.69) is 5.32 Å². The fraction of sp³-hybridized carbons (Fsp3) is 0.462. The molecule has 1 saturated heterocycles. The van der Waals surface area contributed by atoms with Crippen LogP contribution in [0.2, 0.25) is 0 Å². The summed E-state index contributed by atoms with van der Waals surface area (Å²) in [5.74, 6) is -0.231. The van der Waals surface area contributed by atoms with E-state index in [1.165, 1.54) is 12.1 Å². The maximum absolute atomic E-state index is 13.0. The molecule has 4 nitrogen and oxygen atoms in total. The number of carbonyl (C=O) groups excluding carboxylic acids is 1. The van der Waals surface area contributed by atoms with E-state index < -0.39 is 0 Å². The van der Waals surface area contributed by atoms with Gasteiger partial charge < -0.3 is 15.0 Å². The van der Waals surface area contributed by atoms with Crippen molar-refractivity contribution in [3.8, 4) is 0 Å². The highest BCUT2D eigenvalue weighted by molar-refractivity contribution is 14.1. The van der Waals surface area contributed by atoms with Crippen LogP contribution in [0.3, 0.4) is 0 Å². The molecule has 1 aromatic rings. The number of anilines is 1. The highest BCUT2D eigenvalue weighted by Gasteiger charge is 2.22. The summed E-state index contributed by atoms with van der Waals surface area (Å²) in [4.78, 5) is 14.0. The Balaban J connectivity index is 1.99. The molecular formula is C13H16FIN2O2. The van der Waals surface area contributed by atoms with Crippen LogP contribution >= 0.6 is 22.6 Å². The van der Waals surface area contributed by atoms with Gasteiger partial charge in [-0.3, -0.25) is 4.79 Å². The lowest BCUT2D eigenvalue weighted by Gasteiger charge is -2.29. The molecule has 0 spiro atoms. The van der Waals surface area contributed by atoms with Crippen LogP contribution in [0.5, 0.6) is 0 Å². The predicted molar refractivity (Wildman–Crippen MR) is 79.6 cm³/mol. The van der Waals surface area contributed by atoms with Gasteiger partial charge in [-0.2, -0.15) is 0 Å². The zero-order chi connectivity index (χ0) is 13.8. The Bertz CT molecular complexity index is 464. The fourth-order valence-electron chi connectivity index (χ4n) is 1.96. The average Bonchev–Trinajstić information content (AvgIpc) is 2.42. The van der Waals surface area contributed by atoms with Gasteiger partial charge in [0.25, 0.3) is 0 Å². The standard InChI is InChI=1S/C13H16FIN2O2/c1-9(13(18)17-4-6-19-7-5-17)16-12-3-2-10(14)8-11(12)15/h2-3,8-9,16H,4-7H2,1H3. The van der Waals surface area contributed by atoms with Crippen LogP contribution < -0.4 is 5.32 Å². The third-order valence-corrected chi connectivity index (χ3v) is 3.89. The van der Waals surface area contributed by atoms with Crippen molar-refractivity contribution in [1.82, 2.24) is 4.90 Å². The molecule has 0 aliphatic carbocycles. The molecule has 1 atom stereocenters. The number of hydrogen-bond donors (Lipinski definition) is 1. The Morgan fingerprint density at radius 3 is 2.79 bits per heavy atom. The first kappa shape index (κ1) is 14.5. The molecular weight excluding hydrogens is 362 g/mol. The van der Waals surface area contributed by atoms with E-state index in [1.54, 1.807) is 11.0 Å².